The first-order valence-corrected chi connectivity index (χ1v) is 6.12. The summed E-state index contributed by atoms with van der Waals surface area (Å²) in [6.45, 7) is 2.81. The molecule has 2 heterocycles. The third-order valence-electron chi connectivity index (χ3n) is 3.10. The van der Waals surface area contributed by atoms with Gasteiger partial charge in [0, 0.05) is 0 Å². The maximum absolute atomic E-state index is 10.6. The lowest BCUT2D eigenvalue weighted by molar-refractivity contribution is -0.389. The van der Waals surface area contributed by atoms with E-state index in [9.17, 15) is 10.1 Å². The molecule has 0 amide bonds. The molecule has 1 aliphatic rings. The topological polar surface area (TPSA) is 73.0 Å². The summed E-state index contributed by atoms with van der Waals surface area (Å²) in [6.07, 6.45) is 4.85. The molecule has 1 aromatic heterocycles. The first-order valence-electron chi connectivity index (χ1n) is 5.75. The number of nitrogens with one attached hydrogen (secondary N) is 1. The van der Waals surface area contributed by atoms with Gasteiger partial charge in [-0.15, -0.1) is 0 Å². The van der Waals surface area contributed by atoms with E-state index in [4.69, 9.17) is 11.6 Å². The van der Waals surface area contributed by atoms with Crippen LogP contribution in [0.4, 0.5) is 5.82 Å². The van der Waals surface area contributed by atoms with Crippen molar-refractivity contribution in [1.29, 1.82) is 0 Å². The van der Waals surface area contributed by atoms with Gasteiger partial charge in [0.2, 0.25) is 0 Å². The zero-order valence-corrected chi connectivity index (χ0v) is 10.2. The van der Waals surface area contributed by atoms with Crippen LogP contribution in [0.25, 0.3) is 0 Å². The quantitative estimate of drug-likeness (QED) is 0.661. The van der Waals surface area contributed by atoms with E-state index in [1.807, 2.05) is 0 Å². The highest BCUT2D eigenvalue weighted by Crippen LogP contribution is 2.22. The van der Waals surface area contributed by atoms with Gasteiger partial charge in [0.1, 0.15) is 0 Å². The lowest BCUT2D eigenvalue weighted by Crippen LogP contribution is -2.28. The molecule has 0 aromatic carbocycles. The molecule has 0 radical (unpaired) electrons. The van der Waals surface area contributed by atoms with Gasteiger partial charge in [-0.2, -0.15) is 4.68 Å². The second-order valence-electron chi connectivity index (χ2n) is 4.30. The number of rotatable bonds is 4. The number of nitro groups is 1. The van der Waals surface area contributed by atoms with E-state index < -0.39 is 4.92 Å². The van der Waals surface area contributed by atoms with E-state index in [1.54, 1.807) is 4.68 Å². The van der Waals surface area contributed by atoms with Crippen LogP contribution in [0, 0.1) is 16.0 Å². The molecule has 17 heavy (non-hydrogen) atoms. The Labute approximate surface area is 104 Å². The van der Waals surface area contributed by atoms with Crippen molar-refractivity contribution < 1.29 is 4.92 Å². The molecule has 0 atom stereocenters. The summed E-state index contributed by atoms with van der Waals surface area (Å²) in [5.41, 5.74) is 0. The Morgan fingerprint density at radius 1 is 1.59 bits per heavy atom. The number of aromatic nitrogens is 2. The van der Waals surface area contributed by atoms with E-state index in [2.05, 4.69) is 10.4 Å². The van der Waals surface area contributed by atoms with Crippen molar-refractivity contribution in [2.75, 3.05) is 13.1 Å². The summed E-state index contributed by atoms with van der Waals surface area (Å²) in [6, 6.07) is 0. The lowest BCUT2D eigenvalue weighted by Gasteiger charge is -2.21. The van der Waals surface area contributed by atoms with E-state index >= 15 is 0 Å². The third kappa shape index (κ3) is 3.17. The van der Waals surface area contributed by atoms with E-state index in [0.29, 0.717) is 12.5 Å². The van der Waals surface area contributed by atoms with Crippen molar-refractivity contribution in [3.05, 3.63) is 21.3 Å². The first kappa shape index (κ1) is 12.3. The Hall–Kier alpha value is -1.14. The second kappa shape index (κ2) is 5.46. The zero-order valence-electron chi connectivity index (χ0n) is 9.43. The monoisotopic (exact) mass is 258 g/mol. The summed E-state index contributed by atoms with van der Waals surface area (Å²) >= 11 is 5.73. The number of halogens is 1. The predicted octanol–water partition coefficient (Wildman–Crippen LogP) is 1.83. The summed E-state index contributed by atoms with van der Waals surface area (Å²) in [5.74, 6) is 0.426. The normalized spacial score (nSPS) is 17.2. The predicted molar refractivity (Wildman–Crippen MR) is 64.1 cm³/mol. The van der Waals surface area contributed by atoms with Crippen molar-refractivity contribution in [3.63, 3.8) is 0 Å². The average Bonchev–Trinajstić information content (AvgIpc) is 2.69. The molecule has 6 nitrogen and oxygen atoms in total. The Morgan fingerprint density at radius 3 is 2.88 bits per heavy atom. The van der Waals surface area contributed by atoms with E-state index in [0.717, 1.165) is 32.4 Å². The molecule has 1 aromatic rings. The fourth-order valence-corrected chi connectivity index (χ4v) is 2.33. The molecule has 0 spiro atoms. The van der Waals surface area contributed by atoms with Crippen LogP contribution in [-0.4, -0.2) is 27.8 Å². The van der Waals surface area contributed by atoms with Crippen LogP contribution in [0.3, 0.4) is 0 Å². The van der Waals surface area contributed by atoms with Crippen LogP contribution in [0.1, 0.15) is 19.3 Å². The van der Waals surface area contributed by atoms with Gasteiger partial charge in [-0.25, -0.2) is 0 Å². The molecular formula is C10H15ClN4O2. The molecule has 1 saturated heterocycles. The molecule has 0 unspecified atom stereocenters. The van der Waals surface area contributed by atoms with Gasteiger partial charge < -0.3 is 15.4 Å². The minimum Gasteiger partial charge on any atom is -0.358 e. The van der Waals surface area contributed by atoms with Gasteiger partial charge in [0.25, 0.3) is 0 Å². The maximum atomic E-state index is 10.6. The van der Waals surface area contributed by atoms with Crippen molar-refractivity contribution in [3.8, 4) is 0 Å². The molecule has 2 rings (SSSR count). The SMILES string of the molecule is O=[N+]([O-])c1nn(CCC2CCNCC2)cc1Cl. The largest absolute Gasteiger partial charge is 0.408 e. The van der Waals surface area contributed by atoms with Crippen LogP contribution >= 0.6 is 11.6 Å². The Bertz CT molecular complexity index is 401. The van der Waals surface area contributed by atoms with Crippen LogP contribution < -0.4 is 5.32 Å². The number of nitrogens with zero attached hydrogens (tertiary/aromatic N) is 3. The Morgan fingerprint density at radius 2 is 2.29 bits per heavy atom. The highest BCUT2D eigenvalue weighted by molar-refractivity contribution is 6.32. The third-order valence-corrected chi connectivity index (χ3v) is 3.36. The fraction of sp³-hybridized carbons (Fsp3) is 0.700. The van der Waals surface area contributed by atoms with Gasteiger partial charge in [0.15, 0.2) is 5.02 Å². The van der Waals surface area contributed by atoms with Gasteiger partial charge in [-0.05, 0) is 43.2 Å². The second-order valence-corrected chi connectivity index (χ2v) is 4.71. The minimum absolute atomic E-state index is 0.111. The van der Waals surface area contributed by atoms with Crippen LogP contribution in [-0.2, 0) is 6.54 Å². The number of piperidine rings is 1. The number of aryl methyl sites for hydroxylation is 1. The Balaban J connectivity index is 1.90. The van der Waals surface area contributed by atoms with Crippen molar-refractivity contribution >= 4 is 17.4 Å². The number of hydrogen-bond acceptors (Lipinski definition) is 4. The van der Waals surface area contributed by atoms with Gasteiger partial charge in [-0.3, -0.25) is 0 Å². The first-order chi connectivity index (χ1) is 8.16. The maximum Gasteiger partial charge on any atom is 0.408 e. The summed E-state index contributed by atoms with van der Waals surface area (Å²) in [4.78, 5) is 10.0. The fourth-order valence-electron chi connectivity index (χ4n) is 2.11. The molecule has 0 aliphatic carbocycles. The highest BCUT2D eigenvalue weighted by Gasteiger charge is 2.20. The number of hydrogen-bond donors (Lipinski definition) is 1. The summed E-state index contributed by atoms with van der Waals surface area (Å²) < 4.78 is 1.57. The van der Waals surface area contributed by atoms with Crippen LogP contribution in [0.2, 0.25) is 5.02 Å². The zero-order chi connectivity index (χ0) is 12.3. The van der Waals surface area contributed by atoms with Crippen LogP contribution in [0.5, 0.6) is 0 Å². The van der Waals surface area contributed by atoms with Crippen molar-refractivity contribution in [1.82, 2.24) is 15.1 Å². The standard InChI is InChI=1S/C10H15ClN4O2/c11-9-7-14(13-10(9)15(16)17)6-3-8-1-4-12-5-2-8/h7-8,12H,1-6H2. The summed E-state index contributed by atoms with van der Waals surface area (Å²) in [7, 11) is 0. The van der Waals surface area contributed by atoms with E-state index in [1.165, 1.54) is 6.20 Å². The van der Waals surface area contributed by atoms with Gasteiger partial charge in [0.05, 0.1) is 17.8 Å². The van der Waals surface area contributed by atoms with Gasteiger partial charge >= 0.3 is 5.82 Å². The molecule has 0 saturated carbocycles. The smallest absolute Gasteiger partial charge is 0.358 e. The molecular weight excluding hydrogens is 244 g/mol. The average molecular weight is 259 g/mol. The van der Waals surface area contributed by atoms with E-state index in [-0.39, 0.29) is 10.8 Å². The van der Waals surface area contributed by atoms with Crippen molar-refractivity contribution in [2.45, 2.75) is 25.8 Å². The van der Waals surface area contributed by atoms with Crippen LogP contribution in [0.15, 0.2) is 6.20 Å². The van der Waals surface area contributed by atoms with Gasteiger partial charge in [-0.1, -0.05) is 11.6 Å². The molecule has 94 valence electrons. The molecule has 1 fully saturated rings. The molecule has 0 bridgehead atoms. The molecule has 7 heteroatoms. The Kier molecular flexibility index (Phi) is 3.96. The lowest BCUT2D eigenvalue weighted by atomic mass is 9.95. The minimum atomic E-state index is -0.552. The summed E-state index contributed by atoms with van der Waals surface area (Å²) in [5, 5.41) is 17.9. The molecule has 1 N–H and O–H groups in total. The van der Waals surface area contributed by atoms with Crippen molar-refractivity contribution in [2.24, 2.45) is 5.92 Å². The molecule has 1 aliphatic heterocycles. The highest BCUT2D eigenvalue weighted by atomic mass is 35.5.